The summed E-state index contributed by atoms with van der Waals surface area (Å²) in [5, 5.41) is 8.05. The van der Waals surface area contributed by atoms with Gasteiger partial charge < -0.3 is 5.32 Å². The van der Waals surface area contributed by atoms with Crippen molar-refractivity contribution in [1.29, 1.82) is 0 Å². The molecule has 1 aromatic heterocycles. The molecule has 21 heavy (non-hydrogen) atoms. The van der Waals surface area contributed by atoms with E-state index >= 15 is 0 Å². The van der Waals surface area contributed by atoms with Gasteiger partial charge in [-0.2, -0.15) is 5.10 Å². The van der Waals surface area contributed by atoms with Gasteiger partial charge in [0.1, 0.15) is 4.47 Å². The number of rotatable bonds is 5. The van der Waals surface area contributed by atoms with Crippen LogP contribution >= 0.6 is 27.5 Å². The van der Waals surface area contributed by atoms with Crippen molar-refractivity contribution in [2.24, 2.45) is 7.05 Å². The average Bonchev–Trinajstić information content (AvgIpc) is 2.49. The predicted octanol–water partition coefficient (Wildman–Crippen LogP) is 3.80. The second-order valence-corrected chi connectivity index (χ2v) is 6.07. The lowest BCUT2D eigenvalue weighted by molar-refractivity contribution is 0.685. The molecule has 2 rings (SSSR count). The van der Waals surface area contributed by atoms with E-state index in [0.717, 1.165) is 18.0 Å². The molecule has 1 aromatic carbocycles. The third-order valence-corrected chi connectivity index (χ3v) is 4.47. The number of aromatic nitrogens is 2. The molecule has 112 valence electrons. The number of benzene rings is 1. The molecule has 0 bridgehead atoms. The van der Waals surface area contributed by atoms with Crippen molar-refractivity contribution in [3.63, 3.8) is 0 Å². The number of aryl methyl sites for hydroxylation is 1. The van der Waals surface area contributed by atoms with Crippen LogP contribution in [-0.2, 0) is 7.05 Å². The quantitative estimate of drug-likeness (QED) is 0.871. The molecule has 0 aliphatic heterocycles. The second-order valence-electron chi connectivity index (χ2n) is 4.84. The Hall–Kier alpha value is -1.33. The zero-order valence-electron chi connectivity index (χ0n) is 11.9. The highest BCUT2D eigenvalue weighted by atomic mass is 79.9. The van der Waals surface area contributed by atoms with Gasteiger partial charge in [-0.3, -0.25) is 4.79 Å². The van der Waals surface area contributed by atoms with Crippen LogP contribution in [0.5, 0.6) is 0 Å². The third kappa shape index (κ3) is 3.86. The topological polar surface area (TPSA) is 46.9 Å². The van der Waals surface area contributed by atoms with E-state index in [0.29, 0.717) is 16.1 Å². The summed E-state index contributed by atoms with van der Waals surface area (Å²) in [6.45, 7) is 2.86. The minimum atomic E-state index is -0.153. The van der Waals surface area contributed by atoms with E-state index in [9.17, 15) is 4.79 Å². The zero-order valence-corrected chi connectivity index (χ0v) is 14.3. The summed E-state index contributed by atoms with van der Waals surface area (Å²) < 4.78 is 1.80. The van der Waals surface area contributed by atoms with E-state index in [4.69, 9.17) is 11.6 Å². The first-order valence-corrected chi connectivity index (χ1v) is 7.91. The number of hydrogen-bond acceptors (Lipinski definition) is 3. The van der Waals surface area contributed by atoms with Crippen molar-refractivity contribution in [2.75, 3.05) is 11.9 Å². The Balaban J connectivity index is 2.12. The molecule has 1 atom stereocenters. The van der Waals surface area contributed by atoms with Crippen LogP contribution in [-0.4, -0.2) is 16.3 Å². The molecule has 1 N–H and O–H groups in total. The lowest BCUT2D eigenvalue weighted by Gasteiger charge is -2.17. The predicted molar refractivity (Wildman–Crippen MR) is 90.2 cm³/mol. The summed E-state index contributed by atoms with van der Waals surface area (Å²) in [4.78, 5) is 11.8. The summed E-state index contributed by atoms with van der Waals surface area (Å²) >= 11 is 9.23. The molecule has 4 nitrogen and oxygen atoms in total. The van der Waals surface area contributed by atoms with Crippen molar-refractivity contribution < 1.29 is 0 Å². The standard InChI is InChI=1S/C15H17BrClN3O/c1-3-10(11-4-6-12(17)7-5-11)8-18-13-9-19-20(2)15(21)14(13)16/h4-7,9-10,18H,3,8H2,1-2H3. The van der Waals surface area contributed by atoms with Gasteiger partial charge >= 0.3 is 0 Å². The average molecular weight is 371 g/mol. The maximum Gasteiger partial charge on any atom is 0.282 e. The van der Waals surface area contributed by atoms with Crippen LogP contribution in [0.4, 0.5) is 5.69 Å². The Labute approximate surface area is 137 Å². The highest BCUT2D eigenvalue weighted by molar-refractivity contribution is 9.10. The molecule has 0 fully saturated rings. The Bertz CT molecular complexity index is 670. The molecule has 2 aromatic rings. The van der Waals surface area contributed by atoms with Gasteiger partial charge in [0.2, 0.25) is 0 Å². The van der Waals surface area contributed by atoms with Crippen LogP contribution in [0.1, 0.15) is 24.8 Å². The molecule has 1 heterocycles. The van der Waals surface area contributed by atoms with Crippen molar-refractivity contribution in [3.8, 4) is 0 Å². The fourth-order valence-corrected chi connectivity index (χ4v) is 2.73. The maximum absolute atomic E-state index is 11.8. The van der Waals surface area contributed by atoms with E-state index < -0.39 is 0 Å². The molecule has 6 heteroatoms. The van der Waals surface area contributed by atoms with E-state index in [1.54, 1.807) is 13.2 Å². The van der Waals surface area contributed by atoms with Gasteiger partial charge in [0.25, 0.3) is 5.56 Å². The van der Waals surface area contributed by atoms with Gasteiger partial charge in [-0.15, -0.1) is 0 Å². The van der Waals surface area contributed by atoms with Gasteiger partial charge in [-0.25, -0.2) is 4.68 Å². The maximum atomic E-state index is 11.8. The highest BCUT2D eigenvalue weighted by Gasteiger charge is 2.12. The first kappa shape index (κ1) is 16.0. The molecule has 0 aliphatic rings. The molecule has 0 aliphatic carbocycles. The normalized spacial score (nSPS) is 12.2. The van der Waals surface area contributed by atoms with Gasteiger partial charge in [0, 0.05) is 24.5 Å². The summed E-state index contributed by atoms with van der Waals surface area (Å²) in [7, 11) is 1.62. The van der Waals surface area contributed by atoms with E-state index in [2.05, 4.69) is 33.3 Å². The van der Waals surface area contributed by atoms with Crippen LogP contribution in [0.2, 0.25) is 5.02 Å². The molecular formula is C15H17BrClN3O. The molecule has 0 saturated heterocycles. The SMILES string of the molecule is CCC(CNc1cnn(C)c(=O)c1Br)c1ccc(Cl)cc1. The first-order valence-electron chi connectivity index (χ1n) is 6.74. The Morgan fingerprint density at radius 2 is 2.05 bits per heavy atom. The van der Waals surface area contributed by atoms with Crippen LogP contribution in [0, 0.1) is 0 Å². The minimum absolute atomic E-state index is 0.153. The lowest BCUT2D eigenvalue weighted by atomic mass is 9.96. The Kier molecular flexibility index (Phi) is 5.42. The first-order chi connectivity index (χ1) is 10.0. The molecule has 0 spiro atoms. The summed E-state index contributed by atoms with van der Waals surface area (Å²) in [5.41, 5.74) is 1.78. The van der Waals surface area contributed by atoms with Gasteiger partial charge in [-0.1, -0.05) is 30.7 Å². The number of hydrogen-bond donors (Lipinski definition) is 1. The van der Waals surface area contributed by atoms with Crippen LogP contribution in [0.15, 0.2) is 39.7 Å². The third-order valence-electron chi connectivity index (χ3n) is 3.45. The number of nitrogens with zero attached hydrogens (tertiary/aromatic N) is 2. The molecular weight excluding hydrogens is 354 g/mol. The summed E-state index contributed by atoms with van der Waals surface area (Å²) in [6, 6.07) is 7.87. The zero-order chi connectivity index (χ0) is 15.4. The van der Waals surface area contributed by atoms with Crippen molar-refractivity contribution in [3.05, 3.63) is 55.9 Å². The Morgan fingerprint density at radius 3 is 2.67 bits per heavy atom. The number of halogens is 2. The van der Waals surface area contributed by atoms with Crippen molar-refractivity contribution in [2.45, 2.75) is 19.3 Å². The lowest BCUT2D eigenvalue weighted by Crippen LogP contribution is -2.22. The minimum Gasteiger partial charge on any atom is -0.382 e. The Morgan fingerprint density at radius 1 is 1.38 bits per heavy atom. The van der Waals surface area contributed by atoms with Gasteiger partial charge in [0.15, 0.2) is 0 Å². The molecule has 1 unspecified atom stereocenters. The largest absolute Gasteiger partial charge is 0.382 e. The van der Waals surface area contributed by atoms with Gasteiger partial charge in [0.05, 0.1) is 11.9 Å². The van der Waals surface area contributed by atoms with Crippen LogP contribution in [0.3, 0.4) is 0 Å². The summed E-state index contributed by atoms with van der Waals surface area (Å²) in [5.74, 6) is 0.346. The van der Waals surface area contributed by atoms with E-state index in [1.165, 1.54) is 10.2 Å². The van der Waals surface area contributed by atoms with E-state index in [-0.39, 0.29) is 5.56 Å². The fourth-order valence-electron chi connectivity index (χ4n) is 2.10. The number of nitrogens with one attached hydrogen (secondary N) is 1. The van der Waals surface area contributed by atoms with E-state index in [1.807, 2.05) is 24.3 Å². The van der Waals surface area contributed by atoms with Crippen molar-refractivity contribution >= 4 is 33.2 Å². The molecule has 0 saturated carbocycles. The summed E-state index contributed by atoms with van der Waals surface area (Å²) in [6.07, 6.45) is 2.64. The molecule has 0 radical (unpaired) electrons. The van der Waals surface area contributed by atoms with Crippen molar-refractivity contribution in [1.82, 2.24) is 9.78 Å². The second kappa shape index (κ2) is 7.09. The fraction of sp³-hybridized carbons (Fsp3) is 0.333. The van der Waals surface area contributed by atoms with Gasteiger partial charge in [-0.05, 0) is 40.0 Å². The van der Waals surface area contributed by atoms with Crippen LogP contribution in [0.25, 0.3) is 0 Å². The number of anilines is 1. The monoisotopic (exact) mass is 369 g/mol. The molecule has 0 amide bonds. The van der Waals surface area contributed by atoms with Crippen LogP contribution < -0.4 is 10.9 Å². The smallest absolute Gasteiger partial charge is 0.282 e. The highest BCUT2D eigenvalue weighted by Crippen LogP contribution is 2.23.